The van der Waals surface area contributed by atoms with Gasteiger partial charge >= 0.3 is 0 Å². The second-order valence-corrected chi connectivity index (χ2v) is 6.33. The van der Waals surface area contributed by atoms with Crippen molar-refractivity contribution >= 4 is 15.9 Å². The molecule has 0 spiro atoms. The molecule has 1 aromatic rings. The summed E-state index contributed by atoms with van der Waals surface area (Å²) in [5.41, 5.74) is 1.20. The van der Waals surface area contributed by atoms with Crippen LogP contribution in [0.3, 0.4) is 0 Å². The van der Waals surface area contributed by atoms with E-state index in [1.807, 2.05) is 13.0 Å². The van der Waals surface area contributed by atoms with E-state index >= 15 is 0 Å². The van der Waals surface area contributed by atoms with Crippen molar-refractivity contribution in [3.05, 3.63) is 22.2 Å². The molecule has 0 saturated carbocycles. The summed E-state index contributed by atoms with van der Waals surface area (Å²) in [7, 11) is 1.67. The molecule has 0 aliphatic heterocycles. The van der Waals surface area contributed by atoms with E-state index in [1.165, 1.54) is 44.1 Å². The average Bonchev–Trinajstić information content (AvgIpc) is 2.52. The van der Waals surface area contributed by atoms with E-state index in [4.69, 9.17) is 9.47 Å². The lowest BCUT2D eigenvalue weighted by Gasteiger charge is -2.13. The number of methoxy groups -OCH3 is 1. The fraction of sp³-hybridized carbons (Fsp3) is 0.667. The van der Waals surface area contributed by atoms with E-state index in [2.05, 4.69) is 34.2 Å². The van der Waals surface area contributed by atoms with Crippen molar-refractivity contribution < 1.29 is 9.47 Å². The predicted octanol–water partition coefficient (Wildman–Crippen LogP) is 5.31. The molecule has 1 rings (SSSR count). The number of hydrogen-bond acceptors (Lipinski definition) is 3. The van der Waals surface area contributed by atoms with E-state index in [1.54, 1.807) is 7.11 Å². The summed E-state index contributed by atoms with van der Waals surface area (Å²) in [6, 6.07) is 4.04. The standard InChI is InChI=1S/C18H30BrNO2/c1-4-6-7-8-9-10-11-20-14-15-12-18(22-5-2)17(21-3)13-16(15)19/h12-13,20H,4-11,14H2,1-3H3. The zero-order valence-corrected chi connectivity index (χ0v) is 15.8. The van der Waals surface area contributed by atoms with E-state index in [0.717, 1.165) is 29.1 Å². The maximum atomic E-state index is 5.63. The molecular weight excluding hydrogens is 342 g/mol. The molecule has 0 atom stereocenters. The van der Waals surface area contributed by atoms with E-state index in [9.17, 15) is 0 Å². The lowest BCUT2D eigenvalue weighted by atomic mass is 10.1. The molecule has 0 aliphatic rings. The number of halogens is 1. The minimum Gasteiger partial charge on any atom is -0.493 e. The molecular formula is C18H30BrNO2. The summed E-state index contributed by atoms with van der Waals surface area (Å²) in [5.74, 6) is 1.58. The summed E-state index contributed by atoms with van der Waals surface area (Å²) < 4.78 is 12.0. The Labute approximate surface area is 143 Å². The van der Waals surface area contributed by atoms with Gasteiger partial charge in [0.1, 0.15) is 0 Å². The molecule has 22 heavy (non-hydrogen) atoms. The van der Waals surface area contributed by atoms with Crippen LogP contribution in [-0.2, 0) is 6.54 Å². The first-order valence-electron chi connectivity index (χ1n) is 8.42. The molecule has 0 fully saturated rings. The smallest absolute Gasteiger partial charge is 0.161 e. The monoisotopic (exact) mass is 371 g/mol. The third kappa shape index (κ3) is 7.01. The minimum absolute atomic E-state index is 0.641. The van der Waals surface area contributed by atoms with Crippen LogP contribution < -0.4 is 14.8 Å². The fourth-order valence-corrected chi connectivity index (χ4v) is 2.86. The van der Waals surface area contributed by atoms with Gasteiger partial charge in [0.15, 0.2) is 11.5 Å². The summed E-state index contributed by atoms with van der Waals surface area (Å²) >= 11 is 3.61. The molecule has 0 radical (unpaired) electrons. The highest BCUT2D eigenvalue weighted by molar-refractivity contribution is 9.10. The normalized spacial score (nSPS) is 10.7. The van der Waals surface area contributed by atoms with Gasteiger partial charge < -0.3 is 14.8 Å². The zero-order chi connectivity index (χ0) is 16.2. The molecule has 1 N–H and O–H groups in total. The largest absolute Gasteiger partial charge is 0.493 e. The van der Waals surface area contributed by atoms with Crippen LogP contribution in [-0.4, -0.2) is 20.3 Å². The van der Waals surface area contributed by atoms with E-state index < -0.39 is 0 Å². The van der Waals surface area contributed by atoms with Gasteiger partial charge in [0, 0.05) is 11.0 Å². The highest BCUT2D eigenvalue weighted by Crippen LogP contribution is 2.33. The SMILES string of the molecule is CCCCCCCCNCc1cc(OCC)c(OC)cc1Br. The Morgan fingerprint density at radius 1 is 1.00 bits per heavy atom. The molecule has 126 valence electrons. The van der Waals surface area contributed by atoms with Gasteiger partial charge in [0.2, 0.25) is 0 Å². The molecule has 0 heterocycles. The van der Waals surface area contributed by atoms with Crippen molar-refractivity contribution in [3.63, 3.8) is 0 Å². The summed E-state index contributed by atoms with van der Waals surface area (Å²) in [6.45, 7) is 6.79. The summed E-state index contributed by atoms with van der Waals surface area (Å²) in [4.78, 5) is 0. The van der Waals surface area contributed by atoms with Gasteiger partial charge in [0.25, 0.3) is 0 Å². The minimum atomic E-state index is 0.641. The molecule has 1 aromatic carbocycles. The Morgan fingerprint density at radius 2 is 1.73 bits per heavy atom. The van der Waals surface area contributed by atoms with Gasteiger partial charge in [-0.1, -0.05) is 55.0 Å². The Bertz CT molecular complexity index is 424. The lowest BCUT2D eigenvalue weighted by Crippen LogP contribution is -2.15. The van der Waals surface area contributed by atoms with Crippen molar-refractivity contribution in [1.29, 1.82) is 0 Å². The molecule has 0 aromatic heterocycles. The number of unbranched alkanes of at least 4 members (excludes halogenated alkanes) is 5. The molecule has 0 unspecified atom stereocenters. The first kappa shape index (κ1) is 19.3. The van der Waals surface area contributed by atoms with E-state index in [0.29, 0.717) is 6.61 Å². The van der Waals surface area contributed by atoms with Crippen molar-refractivity contribution in [2.45, 2.75) is 58.9 Å². The van der Waals surface area contributed by atoms with Crippen LogP contribution in [0.1, 0.15) is 57.9 Å². The predicted molar refractivity (Wildman–Crippen MR) is 96.9 cm³/mol. The Balaban J connectivity index is 2.37. The molecule has 4 heteroatoms. The maximum Gasteiger partial charge on any atom is 0.161 e. The quantitative estimate of drug-likeness (QED) is 0.505. The molecule has 0 amide bonds. The van der Waals surface area contributed by atoms with Gasteiger partial charge in [-0.05, 0) is 37.6 Å². The Kier molecular flexibility index (Phi) is 10.3. The van der Waals surface area contributed by atoms with Gasteiger partial charge in [-0.2, -0.15) is 0 Å². The Hall–Kier alpha value is -0.740. The topological polar surface area (TPSA) is 30.5 Å². The van der Waals surface area contributed by atoms with Crippen LogP contribution in [0.4, 0.5) is 0 Å². The third-order valence-electron chi connectivity index (χ3n) is 3.66. The molecule has 3 nitrogen and oxygen atoms in total. The second kappa shape index (κ2) is 11.8. The van der Waals surface area contributed by atoms with Gasteiger partial charge in [-0.3, -0.25) is 0 Å². The van der Waals surface area contributed by atoms with Crippen LogP contribution in [0.15, 0.2) is 16.6 Å². The summed E-state index contributed by atoms with van der Waals surface area (Å²) in [6.07, 6.45) is 7.98. The van der Waals surface area contributed by atoms with E-state index in [-0.39, 0.29) is 0 Å². The Morgan fingerprint density at radius 3 is 2.41 bits per heavy atom. The highest BCUT2D eigenvalue weighted by Gasteiger charge is 2.09. The maximum absolute atomic E-state index is 5.63. The number of benzene rings is 1. The van der Waals surface area contributed by atoms with Gasteiger partial charge in [0.05, 0.1) is 13.7 Å². The van der Waals surface area contributed by atoms with Crippen LogP contribution in [0, 0.1) is 0 Å². The number of nitrogens with one attached hydrogen (secondary N) is 1. The van der Waals surface area contributed by atoms with Crippen LogP contribution in [0.25, 0.3) is 0 Å². The number of hydrogen-bond donors (Lipinski definition) is 1. The zero-order valence-electron chi connectivity index (χ0n) is 14.2. The second-order valence-electron chi connectivity index (χ2n) is 5.47. The summed E-state index contributed by atoms with van der Waals surface area (Å²) in [5, 5.41) is 3.51. The van der Waals surface area contributed by atoms with Crippen molar-refractivity contribution in [3.8, 4) is 11.5 Å². The van der Waals surface area contributed by atoms with Gasteiger partial charge in [-0.15, -0.1) is 0 Å². The first-order valence-corrected chi connectivity index (χ1v) is 9.22. The molecule has 0 aliphatic carbocycles. The third-order valence-corrected chi connectivity index (χ3v) is 4.39. The van der Waals surface area contributed by atoms with Gasteiger partial charge in [-0.25, -0.2) is 0 Å². The van der Waals surface area contributed by atoms with Crippen molar-refractivity contribution in [1.82, 2.24) is 5.32 Å². The fourth-order valence-electron chi connectivity index (χ4n) is 2.39. The molecule has 0 bridgehead atoms. The van der Waals surface area contributed by atoms with Crippen molar-refractivity contribution in [2.75, 3.05) is 20.3 Å². The molecule has 0 saturated heterocycles. The van der Waals surface area contributed by atoms with Crippen LogP contribution in [0.5, 0.6) is 11.5 Å². The lowest BCUT2D eigenvalue weighted by molar-refractivity contribution is 0.310. The highest BCUT2D eigenvalue weighted by atomic mass is 79.9. The average molecular weight is 372 g/mol. The van der Waals surface area contributed by atoms with Crippen LogP contribution in [0.2, 0.25) is 0 Å². The first-order chi connectivity index (χ1) is 10.7. The van der Waals surface area contributed by atoms with Crippen LogP contribution >= 0.6 is 15.9 Å². The van der Waals surface area contributed by atoms with Crippen molar-refractivity contribution in [2.24, 2.45) is 0 Å². The number of rotatable bonds is 12. The number of ether oxygens (including phenoxy) is 2.